The smallest absolute Gasteiger partial charge is 0.469 e. The Balaban J connectivity index is 0.000000755. The lowest BCUT2D eigenvalue weighted by molar-refractivity contribution is -0.147. The van der Waals surface area contributed by atoms with Gasteiger partial charge in [0.25, 0.3) is 8.38 Å². The molecule has 0 heterocycles. The van der Waals surface area contributed by atoms with Gasteiger partial charge >= 0.3 is 55.7 Å². The Bertz CT molecular complexity index is 1980. The highest BCUT2D eigenvalue weighted by atomic mass is 31.2. The molecule has 0 fully saturated rings. The van der Waals surface area contributed by atoms with Crippen LogP contribution in [0.5, 0.6) is 11.5 Å². The number of carbonyl (C=O) groups is 8. The fourth-order valence-corrected chi connectivity index (χ4v) is 8.78. The van der Waals surface area contributed by atoms with Crippen molar-refractivity contribution in [1.29, 1.82) is 0 Å². The lowest BCUT2D eigenvalue weighted by atomic mass is 10.1. The topological polar surface area (TPSA) is 283 Å². The fourth-order valence-electron chi connectivity index (χ4n) is 5.56. The van der Waals surface area contributed by atoms with Crippen LogP contribution >= 0.6 is 16.0 Å². The molecule has 2 rings (SSSR count). The summed E-state index contributed by atoms with van der Waals surface area (Å²) in [5.41, 5.74) is 0.382. The van der Waals surface area contributed by atoms with Crippen LogP contribution in [0.3, 0.4) is 0 Å². The van der Waals surface area contributed by atoms with Crippen molar-refractivity contribution in [3.05, 3.63) is 59.7 Å². The molecular formula is C48H70O23P2. The van der Waals surface area contributed by atoms with Crippen LogP contribution in [0, 0.1) is 11.8 Å². The summed E-state index contributed by atoms with van der Waals surface area (Å²) in [6.07, 6.45) is -0.679. The van der Waals surface area contributed by atoms with E-state index in [-0.39, 0.29) is 67.7 Å². The lowest BCUT2D eigenvalue weighted by Gasteiger charge is -2.24. The molecule has 0 amide bonds. The number of methoxy groups -OCH3 is 4. The SMILES string of the molecule is CCCCOC(=O)c1ccccc1OP(CC(CCC(=O)OC)C(=O)OC)Oc1ccccc1C(=O)OCCCC.COC(=O)CCC(CP(=O)(OCOC(=O)OC(C)C)OCOC(=O)OC(C)C)C(=O)OC. The van der Waals surface area contributed by atoms with Gasteiger partial charge in [-0.05, 0) is 77.6 Å². The molecule has 0 aromatic heterocycles. The van der Waals surface area contributed by atoms with Crippen LogP contribution in [0.2, 0.25) is 0 Å². The highest BCUT2D eigenvalue weighted by molar-refractivity contribution is 7.53. The first kappa shape index (κ1) is 65.0. The molecule has 2 atom stereocenters. The van der Waals surface area contributed by atoms with Crippen molar-refractivity contribution in [1.82, 2.24) is 0 Å². The summed E-state index contributed by atoms with van der Waals surface area (Å²) in [7, 11) is -1.42. The van der Waals surface area contributed by atoms with Gasteiger partial charge in [-0.25, -0.2) is 19.2 Å². The molecule has 2 aromatic carbocycles. The van der Waals surface area contributed by atoms with E-state index in [1.807, 2.05) is 13.8 Å². The number of rotatable bonds is 32. The molecule has 2 unspecified atom stereocenters. The minimum absolute atomic E-state index is 0.00255. The summed E-state index contributed by atoms with van der Waals surface area (Å²) in [6, 6.07) is 13.1. The summed E-state index contributed by atoms with van der Waals surface area (Å²) >= 11 is 0. The molecule has 0 radical (unpaired) electrons. The van der Waals surface area contributed by atoms with Crippen LogP contribution in [0.25, 0.3) is 0 Å². The predicted molar refractivity (Wildman–Crippen MR) is 260 cm³/mol. The van der Waals surface area contributed by atoms with Gasteiger partial charge < -0.3 is 56.4 Å². The quantitative estimate of drug-likeness (QED) is 0.0217. The summed E-state index contributed by atoms with van der Waals surface area (Å²) in [5, 5.41) is 0. The maximum absolute atomic E-state index is 13.1. The normalized spacial score (nSPS) is 11.7. The number of unbranched alkanes of at least 4 members (excludes halogenated alkanes) is 2. The van der Waals surface area contributed by atoms with E-state index >= 15 is 0 Å². The van der Waals surface area contributed by atoms with E-state index in [2.05, 4.69) is 18.9 Å². The van der Waals surface area contributed by atoms with Crippen LogP contribution in [0.1, 0.15) is 114 Å². The molecule has 73 heavy (non-hydrogen) atoms. The molecule has 0 spiro atoms. The van der Waals surface area contributed by atoms with Gasteiger partial charge in [-0.15, -0.1) is 0 Å². The van der Waals surface area contributed by atoms with E-state index in [0.717, 1.165) is 32.8 Å². The Morgan fingerprint density at radius 2 is 0.945 bits per heavy atom. The van der Waals surface area contributed by atoms with E-state index < -0.39 is 108 Å². The number of benzene rings is 2. The second kappa shape index (κ2) is 36.8. The summed E-state index contributed by atoms with van der Waals surface area (Å²) in [6.45, 7) is 9.18. The molecule has 2 aromatic rings. The average Bonchev–Trinajstić information content (AvgIpc) is 3.35. The van der Waals surface area contributed by atoms with Gasteiger partial charge in [0.05, 0.1) is 78.0 Å². The third-order valence-electron chi connectivity index (χ3n) is 9.32. The van der Waals surface area contributed by atoms with Gasteiger partial charge in [0.15, 0.2) is 0 Å². The molecule has 0 saturated heterocycles. The number of ether oxygens (including phenoxy) is 10. The first-order chi connectivity index (χ1) is 34.8. The summed E-state index contributed by atoms with van der Waals surface area (Å²) in [5.74, 6) is -5.06. The second-order valence-electron chi connectivity index (χ2n) is 15.7. The number of carbonyl (C=O) groups excluding carboxylic acids is 8. The average molecular weight is 1080 g/mol. The molecular weight excluding hydrogens is 1010 g/mol. The van der Waals surface area contributed by atoms with Crippen LogP contribution in [-0.4, -0.2) is 128 Å². The highest BCUT2D eigenvalue weighted by Gasteiger charge is 2.36. The van der Waals surface area contributed by atoms with Crippen LogP contribution < -0.4 is 9.05 Å². The number of hydrogen-bond donors (Lipinski definition) is 0. The van der Waals surface area contributed by atoms with Gasteiger partial charge in [-0.1, -0.05) is 51.0 Å². The Kier molecular flexibility index (Phi) is 32.8. The van der Waals surface area contributed by atoms with Crippen molar-refractivity contribution in [2.75, 3.05) is 67.6 Å². The van der Waals surface area contributed by atoms with Crippen LogP contribution in [-0.2, 0) is 80.2 Å². The molecule has 0 aliphatic heterocycles. The summed E-state index contributed by atoms with van der Waals surface area (Å²) in [4.78, 5) is 96.5. The molecule has 0 aliphatic rings. The van der Waals surface area contributed by atoms with Crippen molar-refractivity contribution in [2.45, 2.75) is 105 Å². The van der Waals surface area contributed by atoms with Crippen LogP contribution in [0.15, 0.2) is 48.5 Å². The molecule has 23 nitrogen and oxygen atoms in total. The Labute approximate surface area is 427 Å². The van der Waals surface area contributed by atoms with E-state index in [1.54, 1.807) is 76.2 Å². The van der Waals surface area contributed by atoms with Crippen molar-refractivity contribution >= 4 is 64.1 Å². The van der Waals surface area contributed by atoms with E-state index in [4.69, 9.17) is 46.5 Å². The molecule has 410 valence electrons. The van der Waals surface area contributed by atoms with Crippen molar-refractivity contribution in [2.24, 2.45) is 11.8 Å². The largest absolute Gasteiger partial charge is 0.510 e. The van der Waals surface area contributed by atoms with E-state index in [9.17, 15) is 42.9 Å². The van der Waals surface area contributed by atoms with Gasteiger partial charge in [0.2, 0.25) is 13.6 Å². The maximum atomic E-state index is 13.1. The molecule has 0 N–H and O–H groups in total. The zero-order chi connectivity index (χ0) is 54.8. The molecule has 25 heteroatoms. The first-order valence-corrected chi connectivity index (χ1v) is 26.4. The van der Waals surface area contributed by atoms with Crippen molar-refractivity contribution in [3.63, 3.8) is 0 Å². The minimum Gasteiger partial charge on any atom is -0.469 e. The van der Waals surface area contributed by atoms with Crippen molar-refractivity contribution in [3.8, 4) is 11.5 Å². The standard InChI is InChI=1S/C30H39O10P.C18H31O13P/c1-5-7-19-37-29(33)23-13-9-11-15-25(23)39-41(21-22(28(32)36-4)17-18-27(31)35-3)40-26-16-12-10-14-24(26)30(34)38-20-8-6-2;1-12(2)30-17(21)26-10-28-32(23,29-11-27-18(22)31-13(3)4)9-14(16(20)25-6)7-8-15(19)24-5/h9-16,22H,5-8,17-21H2,1-4H3;12-14H,7-11H2,1-6H3. The third kappa shape index (κ3) is 27.6. The zero-order valence-corrected chi connectivity index (χ0v) is 44.9. The zero-order valence-electron chi connectivity index (χ0n) is 43.1. The first-order valence-electron chi connectivity index (χ1n) is 23.3. The lowest BCUT2D eigenvalue weighted by Crippen LogP contribution is -2.24. The van der Waals surface area contributed by atoms with E-state index in [1.165, 1.54) is 21.3 Å². The van der Waals surface area contributed by atoms with Gasteiger partial charge in [0, 0.05) is 12.8 Å². The van der Waals surface area contributed by atoms with Gasteiger partial charge in [-0.2, -0.15) is 0 Å². The van der Waals surface area contributed by atoms with E-state index in [0.29, 0.717) is 0 Å². The Hall–Kier alpha value is -6.02. The Morgan fingerprint density at radius 3 is 1.33 bits per heavy atom. The van der Waals surface area contributed by atoms with Gasteiger partial charge in [0.1, 0.15) is 22.6 Å². The third-order valence-corrected chi connectivity index (χ3v) is 12.7. The second-order valence-corrected chi connectivity index (χ2v) is 19.2. The summed E-state index contributed by atoms with van der Waals surface area (Å²) < 4.78 is 84.2. The number of hydrogen-bond acceptors (Lipinski definition) is 23. The highest BCUT2D eigenvalue weighted by Crippen LogP contribution is 2.51. The molecule has 0 saturated carbocycles. The monoisotopic (exact) mass is 1080 g/mol. The maximum Gasteiger partial charge on any atom is 0.510 e. The minimum atomic E-state index is -4.21. The number of para-hydroxylation sites is 2. The Morgan fingerprint density at radius 1 is 0.548 bits per heavy atom. The molecule has 0 bridgehead atoms. The van der Waals surface area contributed by atoms with Gasteiger partial charge in [-0.3, -0.25) is 32.8 Å². The van der Waals surface area contributed by atoms with Crippen molar-refractivity contribution < 1.29 is 108 Å². The van der Waals surface area contributed by atoms with Crippen LogP contribution in [0.4, 0.5) is 9.59 Å². The fraction of sp³-hybridized carbons (Fsp3) is 0.583. The molecule has 0 aliphatic carbocycles. The predicted octanol–water partition coefficient (Wildman–Crippen LogP) is 9.11. The number of esters is 6.